The highest BCUT2D eigenvalue weighted by atomic mass is 16.5. The summed E-state index contributed by atoms with van der Waals surface area (Å²) in [6.45, 7) is 2.57. The fraction of sp³-hybridized carbons (Fsp3) is 0.300. The average molecular weight is 680 g/mol. The van der Waals surface area contributed by atoms with E-state index >= 15 is 0 Å². The van der Waals surface area contributed by atoms with Crippen LogP contribution in [0.4, 0.5) is 0 Å². The van der Waals surface area contributed by atoms with E-state index in [1.807, 2.05) is 43.3 Å². The molecule has 4 aromatic rings. The van der Waals surface area contributed by atoms with E-state index in [0.717, 1.165) is 17.5 Å². The molecule has 0 saturated carbocycles. The molecule has 1 aliphatic rings. The molecule has 0 radical (unpaired) electrons. The first-order chi connectivity index (χ1) is 24.3. The monoisotopic (exact) mass is 679 g/mol. The van der Waals surface area contributed by atoms with Crippen LogP contribution in [0.3, 0.4) is 0 Å². The summed E-state index contributed by atoms with van der Waals surface area (Å²) in [4.78, 5) is 26.2. The molecule has 2 unspecified atom stereocenters. The van der Waals surface area contributed by atoms with Crippen molar-refractivity contribution in [3.63, 3.8) is 0 Å². The molecule has 0 spiro atoms. The lowest BCUT2D eigenvalue weighted by Crippen LogP contribution is -2.26. The van der Waals surface area contributed by atoms with Gasteiger partial charge in [0.1, 0.15) is 5.60 Å². The molecule has 50 heavy (non-hydrogen) atoms. The van der Waals surface area contributed by atoms with Crippen LogP contribution in [-0.2, 0) is 10.3 Å². The van der Waals surface area contributed by atoms with E-state index in [0.29, 0.717) is 64.4 Å². The van der Waals surface area contributed by atoms with Crippen LogP contribution in [-0.4, -0.2) is 57.0 Å². The van der Waals surface area contributed by atoms with Crippen molar-refractivity contribution in [2.75, 3.05) is 35.0 Å². The van der Waals surface area contributed by atoms with Gasteiger partial charge < -0.3 is 28.4 Å². The predicted octanol–water partition coefficient (Wildman–Crippen LogP) is 7.37. The molecule has 5 rings (SSSR count). The van der Waals surface area contributed by atoms with Gasteiger partial charge in [0.05, 0.1) is 41.2 Å². The second-order valence-electron chi connectivity index (χ2n) is 11.7. The highest BCUT2D eigenvalue weighted by Gasteiger charge is 2.43. The summed E-state index contributed by atoms with van der Waals surface area (Å²) in [6, 6.07) is 26.9. The van der Waals surface area contributed by atoms with Crippen molar-refractivity contribution >= 4 is 11.7 Å². The van der Waals surface area contributed by atoms with Gasteiger partial charge in [0, 0.05) is 29.2 Å². The Bertz CT molecular complexity index is 1860. The summed E-state index contributed by atoms with van der Waals surface area (Å²) < 4.78 is 35.1. The van der Waals surface area contributed by atoms with E-state index in [9.17, 15) is 14.8 Å². The third-order valence-corrected chi connectivity index (χ3v) is 8.55. The van der Waals surface area contributed by atoms with Crippen LogP contribution >= 0.6 is 0 Å². The number of hydroxylamine groups is 2. The Balaban J connectivity index is 1.44. The van der Waals surface area contributed by atoms with Gasteiger partial charge in [-0.15, -0.1) is 5.06 Å². The predicted molar refractivity (Wildman–Crippen MR) is 186 cm³/mol. The summed E-state index contributed by atoms with van der Waals surface area (Å²) >= 11 is 0. The van der Waals surface area contributed by atoms with Crippen LogP contribution in [0.15, 0.2) is 84.9 Å². The smallest absolute Gasteiger partial charge is 0.289 e. The highest BCUT2D eigenvalue weighted by Crippen LogP contribution is 2.51. The number of nitrogens with zero attached hydrogens (tertiary/aromatic N) is 1. The number of ether oxygens (including phenoxy) is 6. The molecule has 2 atom stereocenters. The molecule has 260 valence electrons. The molecule has 1 saturated heterocycles. The van der Waals surface area contributed by atoms with Crippen molar-refractivity contribution in [1.82, 2.24) is 5.06 Å². The number of hydrogen-bond donors (Lipinski definition) is 1. The van der Waals surface area contributed by atoms with Crippen LogP contribution in [0, 0.1) is 12.0 Å². The lowest BCUT2D eigenvalue weighted by atomic mass is 9.87. The fourth-order valence-electron chi connectivity index (χ4n) is 5.98. The maximum absolute atomic E-state index is 13.2. The zero-order valence-electron chi connectivity index (χ0n) is 28.9. The molecule has 1 aliphatic heterocycles. The molecule has 10 nitrogen and oxygen atoms in total. The Labute approximate surface area is 292 Å². The van der Waals surface area contributed by atoms with Crippen molar-refractivity contribution in [2.45, 2.75) is 44.3 Å². The van der Waals surface area contributed by atoms with Crippen LogP contribution < -0.4 is 23.7 Å². The maximum Gasteiger partial charge on any atom is 0.289 e. The maximum atomic E-state index is 13.2. The third kappa shape index (κ3) is 7.70. The molecule has 1 N–H and O–H groups in total. The Kier molecular flexibility index (Phi) is 11.6. The summed E-state index contributed by atoms with van der Waals surface area (Å²) in [5.74, 6) is 4.61. The molecule has 4 aromatic carbocycles. The van der Waals surface area contributed by atoms with E-state index in [1.54, 1.807) is 64.8 Å². The number of rotatable bonds is 13. The van der Waals surface area contributed by atoms with E-state index in [2.05, 4.69) is 12.0 Å². The van der Waals surface area contributed by atoms with Gasteiger partial charge in [-0.1, -0.05) is 61.4 Å². The topological polar surface area (TPSA) is 113 Å². The van der Waals surface area contributed by atoms with Gasteiger partial charge in [-0.05, 0) is 66.8 Å². The number of methoxy groups -OCH3 is 4. The molecule has 10 heteroatoms. The van der Waals surface area contributed by atoms with Crippen LogP contribution in [0.1, 0.15) is 76.1 Å². The van der Waals surface area contributed by atoms with Crippen LogP contribution in [0.2, 0.25) is 0 Å². The van der Waals surface area contributed by atoms with Gasteiger partial charge in [-0.25, -0.2) is 0 Å². The Morgan fingerprint density at radius 2 is 1.50 bits per heavy atom. The van der Waals surface area contributed by atoms with Crippen molar-refractivity contribution < 1.29 is 43.2 Å². The Morgan fingerprint density at radius 1 is 0.820 bits per heavy atom. The molecule has 1 amide bonds. The number of ketones is 1. The van der Waals surface area contributed by atoms with Crippen LogP contribution in [0.25, 0.3) is 0 Å². The minimum absolute atomic E-state index is 0.116. The Morgan fingerprint density at radius 3 is 2.16 bits per heavy atom. The molecule has 1 heterocycles. The number of benzene rings is 4. The minimum Gasteiger partial charge on any atom is -0.493 e. The summed E-state index contributed by atoms with van der Waals surface area (Å²) in [5, 5.41) is 11.1. The average Bonchev–Trinajstić information content (AvgIpc) is 3.61. The zero-order valence-corrected chi connectivity index (χ0v) is 28.9. The molecule has 0 aromatic heterocycles. The van der Waals surface area contributed by atoms with Gasteiger partial charge in [0.2, 0.25) is 5.75 Å². The van der Waals surface area contributed by atoms with Crippen molar-refractivity contribution in [2.24, 2.45) is 0 Å². The summed E-state index contributed by atoms with van der Waals surface area (Å²) in [7, 11) is 6.25. The summed E-state index contributed by atoms with van der Waals surface area (Å²) in [6.07, 6.45) is 1.78. The van der Waals surface area contributed by atoms with Crippen molar-refractivity contribution in [3.05, 3.63) is 113 Å². The second-order valence-corrected chi connectivity index (χ2v) is 11.7. The van der Waals surface area contributed by atoms with E-state index in [4.69, 9.17) is 28.4 Å². The quantitative estimate of drug-likeness (QED) is 0.0509. The minimum atomic E-state index is -0.944. The standard InChI is InChI=1S/C40H41NO9/c1-6-22-49-33-17-16-31(26-34(33)45-2)40(20-18-32(50-40)30-24-35(46-3)38(48-5)36(25-30)47-4)19-11-21-41(44)39(43)29-15-10-14-28(23-29)37(42)27-12-8-7-9-13-27/h7-10,12-17,23-26,32,44H,6,18-20,22H2,1-5H3. The first-order valence-electron chi connectivity index (χ1n) is 16.3. The highest BCUT2D eigenvalue weighted by molar-refractivity contribution is 6.10. The van der Waals surface area contributed by atoms with Crippen molar-refractivity contribution in [1.29, 1.82) is 0 Å². The largest absolute Gasteiger partial charge is 0.493 e. The van der Waals surface area contributed by atoms with Crippen molar-refractivity contribution in [3.8, 4) is 40.7 Å². The fourth-order valence-corrected chi connectivity index (χ4v) is 5.98. The van der Waals surface area contributed by atoms with E-state index < -0.39 is 11.5 Å². The van der Waals surface area contributed by atoms with Crippen LogP contribution in [0.5, 0.6) is 28.7 Å². The number of hydrogen-bond acceptors (Lipinski definition) is 9. The Hall–Kier alpha value is -5.50. The van der Waals surface area contributed by atoms with E-state index in [-0.39, 0.29) is 23.9 Å². The first kappa shape index (κ1) is 35.8. The SMILES string of the molecule is CCCOc1ccc(C2(CC#CN(O)C(=O)c3cccc(C(=O)c4ccccc4)c3)CCC(c3cc(OC)c(OC)c(OC)c3)O2)cc1OC. The lowest BCUT2D eigenvalue weighted by molar-refractivity contribution is -0.0445. The number of carbonyl (C=O) groups is 2. The van der Waals surface area contributed by atoms with Gasteiger partial charge in [0.15, 0.2) is 28.8 Å². The zero-order chi connectivity index (χ0) is 35.7. The first-order valence-corrected chi connectivity index (χ1v) is 16.3. The van der Waals surface area contributed by atoms with Gasteiger partial charge in [0.25, 0.3) is 5.91 Å². The van der Waals surface area contributed by atoms with Gasteiger partial charge >= 0.3 is 0 Å². The number of carbonyl (C=O) groups excluding carboxylic acids is 2. The molecule has 0 bridgehead atoms. The number of amides is 1. The summed E-state index contributed by atoms with van der Waals surface area (Å²) in [5.41, 5.74) is 1.61. The second kappa shape index (κ2) is 16.3. The molecule has 0 aliphatic carbocycles. The van der Waals surface area contributed by atoms with Gasteiger partial charge in [-0.3, -0.25) is 14.8 Å². The lowest BCUT2D eigenvalue weighted by Gasteiger charge is -2.29. The van der Waals surface area contributed by atoms with E-state index in [1.165, 1.54) is 12.1 Å². The normalized spacial score (nSPS) is 16.5. The molecule has 1 fully saturated rings. The molecular formula is C40H41NO9. The van der Waals surface area contributed by atoms with Gasteiger partial charge in [-0.2, -0.15) is 0 Å². The third-order valence-electron chi connectivity index (χ3n) is 8.55. The molecular weight excluding hydrogens is 638 g/mol.